The van der Waals surface area contributed by atoms with E-state index >= 15 is 0 Å². The zero-order valence-corrected chi connectivity index (χ0v) is 11.3. The van der Waals surface area contributed by atoms with E-state index in [0.717, 1.165) is 18.7 Å². The third-order valence-electron chi connectivity index (χ3n) is 2.87. The average molecular weight is 238 g/mol. The lowest BCUT2D eigenvalue weighted by atomic mass is 9.88. The number of hydrogen-bond donors (Lipinski definition) is 2. The summed E-state index contributed by atoms with van der Waals surface area (Å²) in [6, 6.07) is 0.0723. The molecule has 0 fully saturated rings. The number of nitrogens with one attached hydrogen (secondary N) is 2. The van der Waals surface area contributed by atoms with Crippen LogP contribution in [-0.4, -0.2) is 27.1 Å². The van der Waals surface area contributed by atoms with Crippen molar-refractivity contribution in [3.05, 3.63) is 11.6 Å². The van der Waals surface area contributed by atoms with Crippen molar-refractivity contribution in [1.82, 2.24) is 20.5 Å². The van der Waals surface area contributed by atoms with Crippen LogP contribution in [0.15, 0.2) is 0 Å². The number of aromatic amines is 1. The smallest absolute Gasteiger partial charge is 0.291 e. The number of nitrogens with zero attached hydrogens (tertiary/aromatic N) is 2. The molecule has 0 aliphatic carbocycles. The summed E-state index contributed by atoms with van der Waals surface area (Å²) in [5.74, 6) is 0.775. The van der Waals surface area contributed by atoms with Gasteiger partial charge >= 0.3 is 0 Å². The molecule has 1 aromatic rings. The van der Waals surface area contributed by atoms with Crippen LogP contribution in [0.2, 0.25) is 0 Å². The summed E-state index contributed by atoms with van der Waals surface area (Å²) < 4.78 is 0. The summed E-state index contributed by atoms with van der Waals surface area (Å²) in [7, 11) is 0. The van der Waals surface area contributed by atoms with Crippen molar-refractivity contribution in [1.29, 1.82) is 0 Å². The van der Waals surface area contributed by atoms with Crippen LogP contribution >= 0.6 is 0 Å². The zero-order chi connectivity index (χ0) is 13.1. The molecule has 5 heteroatoms. The number of carbonyl (C=O) groups is 1. The summed E-state index contributed by atoms with van der Waals surface area (Å²) in [6.07, 6.45) is 1.80. The van der Waals surface area contributed by atoms with Gasteiger partial charge in [0.2, 0.25) is 5.82 Å². The van der Waals surface area contributed by atoms with Crippen molar-refractivity contribution in [3.8, 4) is 0 Å². The maximum atomic E-state index is 11.9. The SMILES string of the molecule is CCCc1nc(C(=O)NC(C)C(C)(C)C)n[nH]1. The number of carbonyl (C=O) groups excluding carboxylic acids is 1. The Labute approximate surface area is 102 Å². The van der Waals surface area contributed by atoms with Crippen LogP contribution in [0.5, 0.6) is 0 Å². The number of H-pyrrole nitrogens is 1. The van der Waals surface area contributed by atoms with E-state index in [1.807, 2.05) is 6.92 Å². The number of amides is 1. The van der Waals surface area contributed by atoms with E-state index in [2.05, 4.69) is 48.2 Å². The number of aryl methyl sites for hydroxylation is 1. The highest BCUT2D eigenvalue weighted by molar-refractivity contribution is 5.90. The first-order chi connectivity index (χ1) is 7.84. The fraction of sp³-hybridized carbons (Fsp3) is 0.750. The minimum absolute atomic E-state index is 0.0260. The highest BCUT2D eigenvalue weighted by atomic mass is 16.2. The zero-order valence-electron chi connectivity index (χ0n) is 11.3. The monoisotopic (exact) mass is 238 g/mol. The first-order valence-corrected chi connectivity index (χ1v) is 6.06. The lowest BCUT2D eigenvalue weighted by molar-refractivity contribution is 0.0900. The lowest BCUT2D eigenvalue weighted by Gasteiger charge is -2.27. The second-order valence-corrected chi connectivity index (χ2v) is 5.42. The van der Waals surface area contributed by atoms with Gasteiger partial charge < -0.3 is 5.32 Å². The molecule has 0 aliphatic rings. The van der Waals surface area contributed by atoms with Crippen LogP contribution in [0, 0.1) is 5.41 Å². The van der Waals surface area contributed by atoms with E-state index in [4.69, 9.17) is 0 Å². The summed E-state index contributed by atoms with van der Waals surface area (Å²) in [5.41, 5.74) is 0.0260. The Bertz CT molecular complexity index is 378. The molecule has 1 atom stereocenters. The van der Waals surface area contributed by atoms with E-state index in [-0.39, 0.29) is 23.2 Å². The molecule has 1 aromatic heterocycles. The van der Waals surface area contributed by atoms with Gasteiger partial charge in [0.25, 0.3) is 5.91 Å². The van der Waals surface area contributed by atoms with E-state index in [9.17, 15) is 4.79 Å². The van der Waals surface area contributed by atoms with Gasteiger partial charge in [-0.15, -0.1) is 5.10 Å². The molecular formula is C12H22N4O. The Balaban J connectivity index is 2.63. The van der Waals surface area contributed by atoms with Crippen LogP contribution < -0.4 is 5.32 Å². The standard InChI is InChI=1S/C12H22N4O/c1-6-7-9-14-10(16-15-9)11(17)13-8(2)12(3,4)5/h8H,6-7H2,1-5H3,(H,13,17)(H,14,15,16). The van der Waals surface area contributed by atoms with Gasteiger partial charge in [0.1, 0.15) is 5.82 Å². The van der Waals surface area contributed by atoms with Gasteiger partial charge in [0, 0.05) is 12.5 Å². The van der Waals surface area contributed by atoms with E-state index in [0.29, 0.717) is 0 Å². The maximum absolute atomic E-state index is 11.9. The van der Waals surface area contributed by atoms with Crippen molar-refractivity contribution in [3.63, 3.8) is 0 Å². The van der Waals surface area contributed by atoms with E-state index in [1.54, 1.807) is 0 Å². The molecule has 2 N–H and O–H groups in total. The molecule has 1 unspecified atom stereocenters. The molecule has 1 heterocycles. The summed E-state index contributed by atoms with van der Waals surface area (Å²) >= 11 is 0. The Morgan fingerprint density at radius 3 is 2.65 bits per heavy atom. The molecule has 1 rings (SSSR count). The van der Waals surface area contributed by atoms with E-state index < -0.39 is 0 Å². The molecule has 96 valence electrons. The average Bonchev–Trinajstić information content (AvgIpc) is 2.65. The quantitative estimate of drug-likeness (QED) is 0.842. The molecule has 0 saturated heterocycles. The second-order valence-electron chi connectivity index (χ2n) is 5.42. The summed E-state index contributed by atoms with van der Waals surface area (Å²) in [6.45, 7) is 10.3. The molecule has 0 aromatic carbocycles. The van der Waals surface area contributed by atoms with Gasteiger partial charge in [-0.2, -0.15) is 0 Å². The van der Waals surface area contributed by atoms with Gasteiger partial charge in [0.15, 0.2) is 0 Å². The highest BCUT2D eigenvalue weighted by Crippen LogP contribution is 2.18. The predicted molar refractivity (Wildman–Crippen MR) is 66.8 cm³/mol. The Kier molecular flexibility index (Phi) is 4.26. The molecule has 0 bridgehead atoms. The van der Waals surface area contributed by atoms with Crippen LogP contribution in [0.25, 0.3) is 0 Å². The van der Waals surface area contributed by atoms with Gasteiger partial charge in [0.05, 0.1) is 0 Å². The Morgan fingerprint density at radius 2 is 2.12 bits per heavy atom. The highest BCUT2D eigenvalue weighted by Gasteiger charge is 2.23. The third kappa shape index (κ3) is 3.84. The number of aromatic nitrogens is 3. The van der Waals surface area contributed by atoms with Crippen LogP contribution in [0.3, 0.4) is 0 Å². The molecule has 5 nitrogen and oxygen atoms in total. The second kappa shape index (κ2) is 5.29. The third-order valence-corrected chi connectivity index (χ3v) is 2.87. The predicted octanol–water partition coefficient (Wildman–Crippen LogP) is 1.92. The van der Waals surface area contributed by atoms with Crippen molar-refractivity contribution in [2.24, 2.45) is 5.41 Å². The topological polar surface area (TPSA) is 70.7 Å². The minimum Gasteiger partial charge on any atom is -0.346 e. The first kappa shape index (κ1) is 13.7. The Morgan fingerprint density at radius 1 is 1.47 bits per heavy atom. The molecular weight excluding hydrogens is 216 g/mol. The normalized spacial score (nSPS) is 13.5. The molecule has 17 heavy (non-hydrogen) atoms. The van der Waals surface area contributed by atoms with Crippen molar-refractivity contribution < 1.29 is 4.79 Å². The van der Waals surface area contributed by atoms with Gasteiger partial charge in [-0.1, -0.05) is 27.7 Å². The minimum atomic E-state index is -0.217. The maximum Gasteiger partial charge on any atom is 0.291 e. The largest absolute Gasteiger partial charge is 0.346 e. The molecule has 0 spiro atoms. The van der Waals surface area contributed by atoms with E-state index in [1.165, 1.54) is 0 Å². The molecule has 1 amide bonds. The van der Waals surface area contributed by atoms with Gasteiger partial charge in [-0.05, 0) is 18.8 Å². The summed E-state index contributed by atoms with van der Waals surface area (Å²) in [4.78, 5) is 16.0. The van der Waals surface area contributed by atoms with Crippen molar-refractivity contribution >= 4 is 5.91 Å². The molecule has 0 radical (unpaired) electrons. The molecule has 0 aliphatic heterocycles. The number of rotatable bonds is 4. The number of hydrogen-bond acceptors (Lipinski definition) is 3. The van der Waals surface area contributed by atoms with Crippen LogP contribution in [0.1, 0.15) is 57.5 Å². The lowest BCUT2D eigenvalue weighted by Crippen LogP contribution is -2.41. The Hall–Kier alpha value is -1.39. The van der Waals surface area contributed by atoms with Gasteiger partial charge in [-0.25, -0.2) is 4.98 Å². The molecule has 0 saturated carbocycles. The van der Waals surface area contributed by atoms with Gasteiger partial charge in [-0.3, -0.25) is 9.89 Å². The van der Waals surface area contributed by atoms with Crippen LogP contribution in [-0.2, 0) is 6.42 Å². The van der Waals surface area contributed by atoms with Crippen molar-refractivity contribution in [2.45, 2.75) is 53.5 Å². The van der Waals surface area contributed by atoms with Crippen LogP contribution in [0.4, 0.5) is 0 Å². The van der Waals surface area contributed by atoms with Crippen molar-refractivity contribution in [2.75, 3.05) is 0 Å². The fourth-order valence-corrected chi connectivity index (χ4v) is 1.22. The summed E-state index contributed by atoms with van der Waals surface area (Å²) in [5, 5.41) is 9.61. The fourth-order valence-electron chi connectivity index (χ4n) is 1.22. The first-order valence-electron chi connectivity index (χ1n) is 6.06.